The van der Waals surface area contributed by atoms with Crippen molar-refractivity contribution >= 4 is 16.9 Å². The Kier molecular flexibility index (Phi) is 6.34. The number of nitrogens with zero attached hydrogens (tertiary/aromatic N) is 1. The summed E-state index contributed by atoms with van der Waals surface area (Å²) in [6.45, 7) is 8.42. The minimum absolute atomic E-state index is 0.227. The number of rotatable bonds is 6. The zero-order chi connectivity index (χ0) is 12.7. The predicted octanol–water partition coefficient (Wildman–Crippen LogP) is 2.91. The second kappa shape index (κ2) is 7.27. The van der Waals surface area contributed by atoms with Crippen LogP contribution in [0.2, 0.25) is 0 Å². The summed E-state index contributed by atoms with van der Waals surface area (Å²) in [7, 11) is 1.76. The summed E-state index contributed by atoms with van der Waals surface area (Å²) in [5.41, 5.74) is 0.227. The number of amidine groups is 1. The molecule has 0 radical (unpaired) electrons. The quantitative estimate of drug-likeness (QED) is 0.795. The molecule has 1 atom stereocenters. The van der Waals surface area contributed by atoms with E-state index in [9.17, 15) is 0 Å². The molecule has 1 unspecified atom stereocenters. The molecule has 1 fully saturated rings. The van der Waals surface area contributed by atoms with Crippen LogP contribution in [-0.4, -0.2) is 37.2 Å². The van der Waals surface area contributed by atoms with Crippen LogP contribution in [0.25, 0.3) is 0 Å². The molecule has 3 nitrogen and oxygen atoms in total. The van der Waals surface area contributed by atoms with E-state index in [0.717, 1.165) is 24.7 Å². The van der Waals surface area contributed by atoms with Crippen LogP contribution in [0.4, 0.5) is 0 Å². The molecule has 0 amide bonds. The molecule has 1 saturated heterocycles. The second-order valence-corrected chi connectivity index (χ2v) is 6.50. The minimum Gasteiger partial charge on any atom is -0.385 e. The molecule has 0 bridgehead atoms. The summed E-state index contributed by atoms with van der Waals surface area (Å²) < 4.78 is 5.13. The van der Waals surface area contributed by atoms with E-state index in [1.165, 1.54) is 18.6 Å². The molecular weight excluding hydrogens is 232 g/mol. The van der Waals surface area contributed by atoms with Crippen molar-refractivity contribution in [1.29, 1.82) is 0 Å². The van der Waals surface area contributed by atoms with Crippen LogP contribution in [0.1, 0.15) is 40.0 Å². The van der Waals surface area contributed by atoms with Gasteiger partial charge in [0.25, 0.3) is 0 Å². The molecule has 0 aromatic carbocycles. The van der Waals surface area contributed by atoms with Gasteiger partial charge in [-0.2, -0.15) is 0 Å². The highest BCUT2D eigenvalue weighted by atomic mass is 32.2. The molecule has 1 aliphatic rings. The van der Waals surface area contributed by atoms with Crippen molar-refractivity contribution in [2.75, 3.05) is 26.0 Å². The van der Waals surface area contributed by atoms with Gasteiger partial charge in [0.1, 0.15) is 0 Å². The first-order valence-electron chi connectivity index (χ1n) is 6.50. The van der Waals surface area contributed by atoms with Gasteiger partial charge in [-0.3, -0.25) is 4.99 Å². The first-order valence-corrected chi connectivity index (χ1v) is 7.48. The number of hydrogen-bond donors (Lipinski definition) is 1. The maximum Gasteiger partial charge on any atom is 0.156 e. The fourth-order valence-electron chi connectivity index (χ4n) is 1.73. The normalized spacial score (nSPS) is 23.8. The summed E-state index contributed by atoms with van der Waals surface area (Å²) in [6.07, 6.45) is 3.50. The van der Waals surface area contributed by atoms with E-state index in [0.29, 0.717) is 6.04 Å². The summed E-state index contributed by atoms with van der Waals surface area (Å²) in [6, 6.07) is 0.622. The summed E-state index contributed by atoms with van der Waals surface area (Å²) in [4.78, 5) is 4.72. The summed E-state index contributed by atoms with van der Waals surface area (Å²) in [5, 5.41) is 4.65. The molecule has 0 aromatic heterocycles. The fourth-order valence-corrected chi connectivity index (χ4v) is 2.73. The van der Waals surface area contributed by atoms with E-state index in [2.05, 4.69) is 26.1 Å². The Balaban J connectivity index is 2.40. The van der Waals surface area contributed by atoms with Crippen LogP contribution in [0.15, 0.2) is 4.99 Å². The fraction of sp³-hybridized carbons (Fsp3) is 0.923. The van der Waals surface area contributed by atoms with Crippen molar-refractivity contribution in [1.82, 2.24) is 5.32 Å². The molecule has 100 valence electrons. The Morgan fingerprint density at radius 2 is 2.29 bits per heavy atom. The Bertz CT molecular complexity index is 254. The lowest BCUT2D eigenvalue weighted by Gasteiger charge is -2.26. The molecule has 0 spiro atoms. The van der Waals surface area contributed by atoms with E-state index in [4.69, 9.17) is 9.73 Å². The van der Waals surface area contributed by atoms with Crippen LogP contribution >= 0.6 is 11.8 Å². The Morgan fingerprint density at radius 3 is 2.94 bits per heavy atom. The van der Waals surface area contributed by atoms with Gasteiger partial charge in [-0.25, -0.2) is 0 Å². The standard InChI is InChI=1S/C13H26N2OS/c1-5-11-6-9-17-12(15-11)14-10-13(2,3)7-8-16-4/h11H,5-10H2,1-4H3,(H,14,15). The van der Waals surface area contributed by atoms with Gasteiger partial charge in [0.2, 0.25) is 0 Å². The lowest BCUT2D eigenvalue weighted by molar-refractivity contribution is 0.155. The topological polar surface area (TPSA) is 33.6 Å². The van der Waals surface area contributed by atoms with Crippen LogP contribution in [0.3, 0.4) is 0 Å². The predicted molar refractivity (Wildman–Crippen MR) is 76.9 cm³/mol. The third-order valence-corrected chi connectivity index (χ3v) is 4.12. The number of ether oxygens (including phenoxy) is 1. The van der Waals surface area contributed by atoms with Crippen molar-refractivity contribution in [2.24, 2.45) is 10.4 Å². The van der Waals surface area contributed by atoms with Gasteiger partial charge < -0.3 is 10.1 Å². The zero-order valence-corrected chi connectivity index (χ0v) is 12.4. The van der Waals surface area contributed by atoms with Crippen LogP contribution < -0.4 is 5.32 Å². The Morgan fingerprint density at radius 1 is 1.53 bits per heavy atom. The van der Waals surface area contributed by atoms with E-state index >= 15 is 0 Å². The third kappa shape index (κ3) is 5.77. The molecular formula is C13H26N2OS. The zero-order valence-electron chi connectivity index (χ0n) is 11.6. The Labute approximate surface area is 110 Å². The number of nitrogens with one attached hydrogen (secondary N) is 1. The average molecular weight is 258 g/mol. The SMILES string of the molecule is CCC1CCSC(=NCC(C)(C)CCOC)N1. The third-order valence-electron chi connectivity index (χ3n) is 3.16. The maximum atomic E-state index is 5.13. The monoisotopic (exact) mass is 258 g/mol. The highest BCUT2D eigenvalue weighted by Gasteiger charge is 2.19. The first-order chi connectivity index (χ1) is 8.07. The Hall–Kier alpha value is -0.220. The van der Waals surface area contributed by atoms with E-state index in [1.807, 2.05) is 11.8 Å². The van der Waals surface area contributed by atoms with E-state index in [-0.39, 0.29) is 5.41 Å². The molecule has 1 N–H and O–H groups in total. The summed E-state index contributed by atoms with van der Waals surface area (Å²) >= 11 is 1.85. The van der Waals surface area contributed by atoms with Gasteiger partial charge in [0.15, 0.2) is 5.17 Å². The van der Waals surface area contributed by atoms with Crippen LogP contribution in [0, 0.1) is 5.41 Å². The lowest BCUT2D eigenvalue weighted by atomic mass is 9.90. The number of thioether (sulfide) groups is 1. The minimum atomic E-state index is 0.227. The highest BCUT2D eigenvalue weighted by Crippen LogP contribution is 2.22. The van der Waals surface area contributed by atoms with Gasteiger partial charge in [0.05, 0.1) is 0 Å². The maximum absolute atomic E-state index is 5.13. The lowest BCUT2D eigenvalue weighted by Crippen LogP contribution is -2.37. The van der Waals surface area contributed by atoms with Crippen LogP contribution in [0.5, 0.6) is 0 Å². The molecule has 17 heavy (non-hydrogen) atoms. The molecule has 1 aliphatic heterocycles. The molecule has 4 heteroatoms. The van der Waals surface area contributed by atoms with Crippen molar-refractivity contribution < 1.29 is 4.74 Å². The second-order valence-electron chi connectivity index (χ2n) is 5.42. The number of methoxy groups -OCH3 is 1. The average Bonchev–Trinajstić information content (AvgIpc) is 2.34. The smallest absolute Gasteiger partial charge is 0.156 e. The van der Waals surface area contributed by atoms with Crippen molar-refractivity contribution in [3.05, 3.63) is 0 Å². The first kappa shape index (κ1) is 14.8. The molecule has 0 saturated carbocycles. The number of hydrogen-bond acceptors (Lipinski definition) is 3. The van der Waals surface area contributed by atoms with Gasteiger partial charge in [0, 0.05) is 32.1 Å². The molecule has 0 aromatic rings. The van der Waals surface area contributed by atoms with Gasteiger partial charge >= 0.3 is 0 Å². The molecule has 1 heterocycles. The van der Waals surface area contributed by atoms with E-state index < -0.39 is 0 Å². The van der Waals surface area contributed by atoms with Gasteiger partial charge in [-0.05, 0) is 24.7 Å². The van der Waals surface area contributed by atoms with Crippen LogP contribution in [-0.2, 0) is 4.74 Å². The van der Waals surface area contributed by atoms with Gasteiger partial charge in [-0.1, -0.05) is 32.5 Å². The van der Waals surface area contributed by atoms with Crippen molar-refractivity contribution in [3.63, 3.8) is 0 Å². The van der Waals surface area contributed by atoms with E-state index in [1.54, 1.807) is 7.11 Å². The molecule has 0 aliphatic carbocycles. The van der Waals surface area contributed by atoms with Gasteiger partial charge in [-0.15, -0.1) is 0 Å². The number of aliphatic imine (C=N–C) groups is 1. The van der Waals surface area contributed by atoms with Crippen molar-refractivity contribution in [2.45, 2.75) is 46.1 Å². The molecule has 1 rings (SSSR count). The highest BCUT2D eigenvalue weighted by molar-refractivity contribution is 8.13. The largest absolute Gasteiger partial charge is 0.385 e. The summed E-state index contributed by atoms with van der Waals surface area (Å²) in [5.74, 6) is 1.20. The van der Waals surface area contributed by atoms with Crippen molar-refractivity contribution in [3.8, 4) is 0 Å².